The molecule has 0 bridgehead atoms. The van der Waals surface area contributed by atoms with E-state index in [0.717, 1.165) is 29.4 Å². The summed E-state index contributed by atoms with van der Waals surface area (Å²) in [6, 6.07) is 5.66. The van der Waals surface area contributed by atoms with Gasteiger partial charge in [0.15, 0.2) is 0 Å². The molecule has 0 fully saturated rings. The third-order valence-electron chi connectivity index (χ3n) is 3.15. The Morgan fingerprint density at radius 1 is 1.55 bits per heavy atom. The molecule has 20 heavy (non-hydrogen) atoms. The smallest absolute Gasteiger partial charge is 0.221 e. The Hall–Kier alpha value is -2.50. The molecular weight excluding hydrogens is 256 g/mol. The SMILES string of the molecule is CC(=O)Nc1ccc2c(c1)N(Cc1c[nH]cn1)CCO2. The Kier molecular flexibility index (Phi) is 3.28. The molecule has 0 saturated heterocycles. The monoisotopic (exact) mass is 272 g/mol. The van der Waals surface area contributed by atoms with E-state index in [-0.39, 0.29) is 5.91 Å². The summed E-state index contributed by atoms with van der Waals surface area (Å²) in [6.45, 7) is 3.65. The number of H-pyrrole nitrogens is 1. The lowest BCUT2D eigenvalue weighted by molar-refractivity contribution is -0.114. The molecule has 104 valence electrons. The van der Waals surface area contributed by atoms with Crippen LogP contribution in [-0.4, -0.2) is 29.0 Å². The molecule has 1 aromatic carbocycles. The van der Waals surface area contributed by atoms with Gasteiger partial charge in [-0.3, -0.25) is 4.79 Å². The summed E-state index contributed by atoms with van der Waals surface area (Å²) in [5.74, 6) is 0.751. The van der Waals surface area contributed by atoms with E-state index in [9.17, 15) is 4.79 Å². The molecule has 3 rings (SSSR count). The molecule has 0 aliphatic carbocycles. The van der Waals surface area contributed by atoms with Gasteiger partial charge in [-0.15, -0.1) is 0 Å². The Morgan fingerprint density at radius 2 is 2.45 bits per heavy atom. The number of fused-ring (bicyclic) bond motifs is 1. The van der Waals surface area contributed by atoms with E-state index >= 15 is 0 Å². The van der Waals surface area contributed by atoms with Crippen molar-refractivity contribution >= 4 is 17.3 Å². The van der Waals surface area contributed by atoms with Crippen LogP contribution in [0.2, 0.25) is 0 Å². The number of carbonyl (C=O) groups excluding carboxylic acids is 1. The Morgan fingerprint density at radius 3 is 3.20 bits per heavy atom. The lowest BCUT2D eigenvalue weighted by Crippen LogP contribution is -2.32. The number of carbonyl (C=O) groups is 1. The van der Waals surface area contributed by atoms with Gasteiger partial charge < -0.3 is 19.9 Å². The number of aromatic amines is 1. The van der Waals surface area contributed by atoms with Gasteiger partial charge in [0.2, 0.25) is 5.91 Å². The number of anilines is 2. The van der Waals surface area contributed by atoms with Crippen LogP contribution in [0.15, 0.2) is 30.7 Å². The van der Waals surface area contributed by atoms with Gasteiger partial charge in [0, 0.05) is 18.8 Å². The Balaban J connectivity index is 1.87. The number of hydrogen-bond donors (Lipinski definition) is 2. The van der Waals surface area contributed by atoms with E-state index in [1.165, 1.54) is 6.92 Å². The maximum atomic E-state index is 11.1. The van der Waals surface area contributed by atoms with Gasteiger partial charge in [-0.25, -0.2) is 4.98 Å². The first-order chi connectivity index (χ1) is 9.72. The predicted molar refractivity (Wildman–Crippen MR) is 75.9 cm³/mol. The molecule has 1 amide bonds. The van der Waals surface area contributed by atoms with Crippen LogP contribution < -0.4 is 15.0 Å². The minimum Gasteiger partial charge on any atom is -0.490 e. The van der Waals surface area contributed by atoms with Crippen molar-refractivity contribution in [3.8, 4) is 5.75 Å². The molecule has 0 radical (unpaired) electrons. The molecule has 0 atom stereocenters. The van der Waals surface area contributed by atoms with Crippen LogP contribution >= 0.6 is 0 Å². The zero-order valence-corrected chi connectivity index (χ0v) is 11.2. The highest BCUT2D eigenvalue weighted by Gasteiger charge is 2.19. The number of rotatable bonds is 3. The highest BCUT2D eigenvalue weighted by Crippen LogP contribution is 2.34. The molecule has 1 aliphatic rings. The molecule has 2 N–H and O–H groups in total. The molecule has 1 aromatic heterocycles. The number of aromatic nitrogens is 2. The molecule has 2 heterocycles. The molecule has 6 nitrogen and oxygen atoms in total. The van der Waals surface area contributed by atoms with Crippen molar-refractivity contribution in [2.45, 2.75) is 13.5 Å². The van der Waals surface area contributed by atoms with Crippen molar-refractivity contribution in [2.24, 2.45) is 0 Å². The molecule has 1 aliphatic heterocycles. The van der Waals surface area contributed by atoms with Crippen LogP contribution in [0.4, 0.5) is 11.4 Å². The number of hydrogen-bond acceptors (Lipinski definition) is 4. The van der Waals surface area contributed by atoms with E-state index in [1.54, 1.807) is 6.33 Å². The normalized spacial score (nSPS) is 13.6. The van der Waals surface area contributed by atoms with Gasteiger partial charge in [0.05, 0.1) is 30.8 Å². The number of nitrogens with one attached hydrogen (secondary N) is 2. The van der Waals surface area contributed by atoms with Crippen LogP contribution in [0.1, 0.15) is 12.6 Å². The maximum absolute atomic E-state index is 11.1. The van der Waals surface area contributed by atoms with Crippen molar-refractivity contribution in [2.75, 3.05) is 23.4 Å². The van der Waals surface area contributed by atoms with Gasteiger partial charge in [-0.2, -0.15) is 0 Å². The lowest BCUT2D eigenvalue weighted by Gasteiger charge is -2.31. The third-order valence-corrected chi connectivity index (χ3v) is 3.15. The quantitative estimate of drug-likeness (QED) is 0.893. The van der Waals surface area contributed by atoms with Crippen LogP contribution in [0.5, 0.6) is 5.75 Å². The predicted octanol–water partition coefficient (Wildman–Crippen LogP) is 1.77. The van der Waals surface area contributed by atoms with Crippen LogP contribution in [0.25, 0.3) is 0 Å². The van der Waals surface area contributed by atoms with Gasteiger partial charge >= 0.3 is 0 Å². The Bertz CT molecular complexity index is 610. The standard InChI is InChI=1S/C14H16N4O2/c1-10(19)17-11-2-3-14-13(6-11)18(4-5-20-14)8-12-7-15-9-16-12/h2-3,6-7,9H,4-5,8H2,1H3,(H,15,16)(H,17,19). The topological polar surface area (TPSA) is 70.2 Å². The number of imidazole rings is 1. The summed E-state index contributed by atoms with van der Waals surface area (Å²) in [6.07, 6.45) is 3.55. The average Bonchev–Trinajstić information content (AvgIpc) is 2.92. The molecule has 0 saturated carbocycles. The van der Waals surface area contributed by atoms with Gasteiger partial charge in [-0.1, -0.05) is 0 Å². The number of nitrogens with zero attached hydrogens (tertiary/aromatic N) is 2. The minimum atomic E-state index is -0.0828. The second-order valence-corrected chi connectivity index (χ2v) is 4.69. The van der Waals surface area contributed by atoms with Gasteiger partial charge in [0.25, 0.3) is 0 Å². The van der Waals surface area contributed by atoms with E-state index in [2.05, 4.69) is 20.2 Å². The maximum Gasteiger partial charge on any atom is 0.221 e. The van der Waals surface area contributed by atoms with Crippen LogP contribution in [-0.2, 0) is 11.3 Å². The number of amides is 1. The minimum absolute atomic E-state index is 0.0828. The fourth-order valence-electron chi connectivity index (χ4n) is 2.29. The average molecular weight is 272 g/mol. The van der Waals surface area contributed by atoms with E-state index in [1.807, 2.05) is 24.4 Å². The molecule has 0 unspecified atom stereocenters. The molecular formula is C14H16N4O2. The van der Waals surface area contributed by atoms with Gasteiger partial charge in [0.1, 0.15) is 12.4 Å². The van der Waals surface area contributed by atoms with Crippen molar-refractivity contribution in [3.05, 3.63) is 36.4 Å². The van der Waals surface area contributed by atoms with E-state index in [0.29, 0.717) is 13.2 Å². The highest BCUT2D eigenvalue weighted by molar-refractivity contribution is 5.89. The van der Waals surface area contributed by atoms with Crippen molar-refractivity contribution < 1.29 is 9.53 Å². The molecule has 6 heteroatoms. The van der Waals surface area contributed by atoms with Crippen LogP contribution in [0.3, 0.4) is 0 Å². The number of ether oxygens (including phenoxy) is 1. The van der Waals surface area contributed by atoms with E-state index < -0.39 is 0 Å². The Labute approximate surface area is 116 Å². The van der Waals surface area contributed by atoms with Crippen LogP contribution in [0, 0.1) is 0 Å². The summed E-state index contributed by atoms with van der Waals surface area (Å²) < 4.78 is 5.65. The zero-order valence-electron chi connectivity index (χ0n) is 11.2. The fourth-order valence-corrected chi connectivity index (χ4v) is 2.29. The molecule has 2 aromatic rings. The van der Waals surface area contributed by atoms with E-state index in [4.69, 9.17) is 4.74 Å². The highest BCUT2D eigenvalue weighted by atomic mass is 16.5. The third kappa shape index (κ3) is 2.59. The lowest BCUT2D eigenvalue weighted by atomic mass is 10.2. The zero-order chi connectivity index (χ0) is 13.9. The van der Waals surface area contributed by atoms with Crippen molar-refractivity contribution in [1.29, 1.82) is 0 Å². The first-order valence-electron chi connectivity index (χ1n) is 6.49. The fraction of sp³-hybridized carbons (Fsp3) is 0.286. The molecule has 0 spiro atoms. The summed E-state index contributed by atoms with van der Waals surface area (Å²) in [4.78, 5) is 20.5. The first kappa shape index (κ1) is 12.5. The van der Waals surface area contributed by atoms with Crippen molar-refractivity contribution in [3.63, 3.8) is 0 Å². The summed E-state index contributed by atoms with van der Waals surface area (Å²) in [7, 11) is 0. The largest absolute Gasteiger partial charge is 0.490 e. The second kappa shape index (κ2) is 5.24. The number of benzene rings is 1. The second-order valence-electron chi connectivity index (χ2n) is 4.69. The summed E-state index contributed by atoms with van der Waals surface area (Å²) >= 11 is 0. The summed E-state index contributed by atoms with van der Waals surface area (Å²) in [5.41, 5.74) is 2.72. The van der Waals surface area contributed by atoms with Gasteiger partial charge in [-0.05, 0) is 18.2 Å². The summed E-state index contributed by atoms with van der Waals surface area (Å²) in [5, 5.41) is 2.79. The first-order valence-corrected chi connectivity index (χ1v) is 6.49. The van der Waals surface area contributed by atoms with Crippen molar-refractivity contribution in [1.82, 2.24) is 9.97 Å².